The third-order valence-electron chi connectivity index (χ3n) is 4.60. The van der Waals surface area contributed by atoms with Crippen LogP contribution in [0.4, 0.5) is 0 Å². The lowest BCUT2D eigenvalue weighted by molar-refractivity contribution is -0.132. The molecule has 0 aromatic heterocycles. The molecule has 3 rings (SSSR count). The van der Waals surface area contributed by atoms with Gasteiger partial charge in [-0.25, -0.2) is 0 Å². The number of nitrogens with zero attached hydrogens (tertiary/aromatic N) is 2. The minimum atomic E-state index is 0.152. The smallest absolute Gasteiger partial charge is 0.237 e. The molecular weight excluding hydrogens is 328 g/mol. The number of ether oxygens (including phenoxy) is 2. The van der Waals surface area contributed by atoms with Gasteiger partial charge in [-0.1, -0.05) is 43.3 Å². The van der Waals surface area contributed by atoms with E-state index in [9.17, 15) is 4.79 Å². The second-order valence-corrected chi connectivity index (χ2v) is 6.38. The number of rotatable bonds is 8. The molecule has 0 radical (unpaired) electrons. The van der Waals surface area contributed by atoms with Crippen LogP contribution in [0.25, 0.3) is 0 Å². The molecule has 26 heavy (non-hydrogen) atoms. The normalized spacial score (nSPS) is 12.4. The summed E-state index contributed by atoms with van der Waals surface area (Å²) in [7, 11) is 0. The van der Waals surface area contributed by atoms with Gasteiger partial charge in [0.15, 0.2) is 11.5 Å². The van der Waals surface area contributed by atoms with E-state index in [1.807, 2.05) is 48.2 Å². The lowest BCUT2D eigenvalue weighted by Crippen LogP contribution is -2.39. The van der Waals surface area contributed by atoms with Crippen molar-refractivity contribution in [2.75, 3.05) is 26.4 Å². The van der Waals surface area contributed by atoms with Crippen molar-refractivity contribution < 1.29 is 14.3 Å². The van der Waals surface area contributed by atoms with Crippen molar-refractivity contribution in [2.24, 2.45) is 0 Å². The minimum Gasteiger partial charge on any atom is -0.454 e. The molecule has 0 unspecified atom stereocenters. The Balaban J connectivity index is 1.60. The Morgan fingerprint density at radius 3 is 2.42 bits per heavy atom. The maximum atomic E-state index is 12.8. The van der Waals surface area contributed by atoms with E-state index >= 15 is 0 Å². The summed E-state index contributed by atoms with van der Waals surface area (Å²) < 4.78 is 10.8. The first kappa shape index (κ1) is 18.3. The van der Waals surface area contributed by atoms with Crippen LogP contribution < -0.4 is 9.47 Å². The standard InChI is InChI=1S/C21H26N2O3/c1-3-22(13-18-10-11-19-20(12-18)26-16-25-19)15-21(24)23(4-2)14-17-8-6-5-7-9-17/h5-12H,3-4,13-16H2,1-2H3. The van der Waals surface area contributed by atoms with Crippen molar-refractivity contribution >= 4 is 5.91 Å². The highest BCUT2D eigenvalue weighted by molar-refractivity contribution is 5.78. The van der Waals surface area contributed by atoms with Crippen molar-refractivity contribution in [1.29, 1.82) is 0 Å². The molecule has 2 aromatic rings. The Hall–Kier alpha value is -2.53. The highest BCUT2D eigenvalue weighted by Gasteiger charge is 2.18. The Morgan fingerprint density at radius 1 is 0.923 bits per heavy atom. The molecule has 0 atom stereocenters. The summed E-state index contributed by atoms with van der Waals surface area (Å²) in [4.78, 5) is 16.8. The van der Waals surface area contributed by atoms with Crippen LogP contribution in [0.15, 0.2) is 48.5 Å². The van der Waals surface area contributed by atoms with Gasteiger partial charge in [-0.3, -0.25) is 9.69 Å². The van der Waals surface area contributed by atoms with Crippen molar-refractivity contribution in [3.05, 3.63) is 59.7 Å². The van der Waals surface area contributed by atoms with Gasteiger partial charge in [-0.15, -0.1) is 0 Å². The number of hydrogen-bond acceptors (Lipinski definition) is 4. The van der Waals surface area contributed by atoms with E-state index < -0.39 is 0 Å². The summed E-state index contributed by atoms with van der Waals surface area (Å²) in [6.07, 6.45) is 0. The van der Waals surface area contributed by atoms with Gasteiger partial charge in [0, 0.05) is 19.6 Å². The first-order chi connectivity index (χ1) is 12.7. The number of likely N-dealkylation sites (N-methyl/N-ethyl adjacent to an activating group) is 2. The van der Waals surface area contributed by atoms with E-state index in [1.54, 1.807) is 0 Å². The van der Waals surface area contributed by atoms with Crippen LogP contribution in [0.2, 0.25) is 0 Å². The fraction of sp³-hybridized carbons (Fsp3) is 0.381. The van der Waals surface area contributed by atoms with Crippen LogP contribution in [-0.4, -0.2) is 42.1 Å². The molecule has 138 valence electrons. The highest BCUT2D eigenvalue weighted by Crippen LogP contribution is 2.32. The SMILES string of the molecule is CCN(CC(=O)N(CC)Cc1ccccc1)Cc1ccc2c(c1)OCO2. The quantitative estimate of drug-likeness (QED) is 0.730. The predicted octanol–water partition coefficient (Wildman–Crippen LogP) is 3.29. The average Bonchev–Trinajstić information content (AvgIpc) is 3.14. The van der Waals surface area contributed by atoms with Crippen LogP contribution in [-0.2, 0) is 17.9 Å². The monoisotopic (exact) mass is 354 g/mol. The maximum Gasteiger partial charge on any atom is 0.237 e. The summed E-state index contributed by atoms with van der Waals surface area (Å²) in [6, 6.07) is 16.1. The molecule has 1 aliphatic rings. The molecule has 0 spiro atoms. The summed E-state index contributed by atoms with van der Waals surface area (Å²) in [5.41, 5.74) is 2.27. The zero-order chi connectivity index (χ0) is 18.4. The Labute approximate surface area is 155 Å². The summed E-state index contributed by atoms with van der Waals surface area (Å²) in [5, 5.41) is 0. The summed E-state index contributed by atoms with van der Waals surface area (Å²) >= 11 is 0. The van der Waals surface area contributed by atoms with Gasteiger partial charge in [-0.05, 0) is 36.7 Å². The third kappa shape index (κ3) is 4.55. The first-order valence-electron chi connectivity index (χ1n) is 9.12. The van der Waals surface area contributed by atoms with Crippen LogP contribution in [0.3, 0.4) is 0 Å². The summed E-state index contributed by atoms with van der Waals surface area (Å²) in [5.74, 6) is 1.72. The van der Waals surface area contributed by atoms with Gasteiger partial charge in [-0.2, -0.15) is 0 Å². The van der Waals surface area contributed by atoms with Gasteiger partial charge in [0.05, 0.1) is 6.54 Å². The molecular formula is C21H26N2O3. The molecule has 5 heteroatoms. The van der Waals surface area contributed by atoms with E-state index in [4.69, 9.17) is 9.47 Å². The Kier molecular flexibility index (Phi) is 6.12. The van der Waals surface area contributed by atoms with Crippen molar-refractivity contribution in [3.63, 3.8) is 0 Å². The van der Waals surface area contributed by atoms with Crippen LogP contribution >= 0.6 is 0 Å². The molecule has 1 aliphatic heterocycles. The summed E-state index contributed by atoms with van der Waals surface area (Å²) in [6.45, 7) is 7.66. The first-order valence-corrected chi connectivity index (χ1v) is 9.12. The van der Waals surface area contributed by atoms with Gasteiger partial charge in [0.25, 0.3) is 0 Å². The fourth-order valence-electron chi connectivity index (χ4n) is 3.05. The van der Waals surface area contributed by atoms with Crippen LogP contribution in [0.5, 0.6) is 11.5 Å². The van der Waals surface area contributed by atoms with E-state index in [1.165, 1.54) is 0 Å². The second kappa shape index (κ2) is 8.72. The Bertz CT molecular complexity index is 733. The van der Waals surface area contributed by atoms with Gasteiger partial charge in [0.2, 0.25) is 12.7 Å². The fourth-order valence-corrected chi connectivity index (χ4v) is 3.05. The van der Waals surface area contributed by atoms with E-state index in [0.717, 1.165) is 29.2 Å². The molecule has 0 fully saturated rings. The molecule has 1 heterocycles. The van der Waals surface area contributed by atoms with E-state index in [2.05, 4.69) is 24.0 Å². The molecule has 0 N–H and O–H groups in total. The minimum absolute atomic E-state index is 0.152. The second-order valence-electron chi connectivity index (χ2n) is 6.38. The Morgan fingerprint density at radius 2 is 1.69 bits per heavy atom. The molecule has 0 aliphatic carbocycles. The van der Waals surface area contributed by atoms with Crippen LogP contribution in [0, 0.1) is 0 Å². The third-order valence-corrected chi connectivity index (χ3v) is 4.60. The van der Waals surface area contributed by atoms with E-state index in [-0.39, 0.29) is 12.7 Å². The lowest BCUT2D eigenvalue weighted by Gasteiger charge is -2.26. The number of amides is 1. The van der Waals surface area contributed by atoms with Gasteiger partial charge in [0.1, 0.15) is 0 Å². The zero-order valence-corrected chi connectivity index (χ0v) is 15.5. The maximum absolute atomic E-state index is 12.8. The predicted molar refractivity (Wildman–Crippen MR) is 101 cm³/mol. The molecule has 1 amide bonds. The molecule has 0 saturated carbocycles. The number of benzene rings is 2. The van der Waals surface area contributed by atoms with Crippen molar-refractivity contribution in [1.82, 2.24) is 9.80 Å². The molecule has 0 bridgehead atoms. The number of carbonyl (C=O) groups excluding carboxylic acids is 1. The number of carbonyl (C=O) groups is 1. The van der Waals surface area contributed by atoms with Gasteiger partial charge < -0.3 is 14.4 Å². The van der Waals surface area contributed by atoms with Crippen molar-refractivity contribution in [2.45, 2.75) is 26.9 Å². The zero-order valence-electron chi connectivity index (χ0n) is 15.5. The lowest BCUT2D eigenvalue weighted by atomic mass is 10.2. The van der Waals surface area contributed by atoms with Crippen LogP contribution in [0.1, 0.15) is 25.0 Å². The van der Waals surface area contributed by atoms with E-state index in [0.29, 0.717) is 26.2 Å². The largest absolute Gasteiger partial charge is 0.454 e. The number of fused-ring (bicyclic) bond motifs is 1. The average molecular weight is 354 g/mol. The topological polar surface area (TPSA) is 42.0 Å². The molecule has 5 nitrogen and oxygen atoms in total. The van der Waals surface area contributed by atoms with Gasteiger partial charge >= 0.3 is 0 Å². The number of hydrogen-bond donors (Lipinski definition) is 0. The van der Waals surface area contributed by atoms with Crippen molar-refractivity contribution in [3.8, 4) is 11.5 Å². The molecule has 0 saturated heterocycles. The highest BCUT2D eigenvalue weighted by atomic mass is 16.7. The molecule has 2 aromatic carbocycles.